The van der Waals surface area contributed by atoms with Gasteiger partial charge in [0, 0.05) is 11.8 Å². The zero-order chi connectivity index (χ0) is 12.6. The normalized spacial score (nSPS) is 20.0. The van der Waals surface area contributed by atoms with Crippen LogP contribution in [0.5, 0.6) is 0 Å². The standard InChI is InChI=1S/C13H15ClN2O/c1-8-5-4-6-11(14)13(8)16-10(3)15-9(2)7-12(16)17/h4-7,10,15H,1-3H3/t10-/m1/s1. The summed E-state index contributed by atoms with van der Waals surface area (Å²) >= 11 is 6.19. The summed E-state index contributed by atoms with van der Waals surface area (Å²) in [5.41, 5.74) is 2.65. The molecule has 0 bridgehead atoms. The largest absolute Gasteiger partial charge is 0.368 e. The number of halogens is 1. The van der Waals surface area contributed by atoms with Crippen LogP contribution in [0.15, 0.2) is 30.0 Å². The zero-order valence-corrected chi connectivity index (χ0v) is 10.9. The van der Waals surface area contributed by atoms with Crippen LogP contribution < -0.4 is 10.2 Å². The molecule has 0 aliphatic carbocycles. The molecule has 1 aromatic rings. The highest BCUT2D eigenvalue weighted by molar-refractivity contribution is 6.34. The van der Waals surface area contributed by atoms with Crippen LogP contribution in [0.4, 0.5) is 5.69 Å². The van der Waals surface area contributed by atoms with Crippen molar-refractivity contribution >= 4 is 23.2 Å². The van der Waals surface area contributed by atoms with E-state index in [1.807, 2.05) is 32.9 Å². The van der Waals surface area contributed by atoms with E-state index in [2.05, 4.69) is 5.32 Å². The summed E-state index contributed by atoms with van der Waals surface area (Å²) in [4.78, 5) is 13.8. The number of nitrogens with one attached hydrogen (secondary N) is 1. The Morgan fingerprint density at radius 3 is 2.65 bits per heavy atom. The maximum Gasteiger partial charge on any atom is 0.254 e. The molecule has 0 spiro atoms. The summed E-state index contributed by atoms with van der Waals surface area (Å²) < 4.78 is 0. The van der Waals surface area contributed by atoms with Crippen LogP contribution in [0.1, 0.15) is 19.4 Å². The summed E-state index contributed by atoms with van der Waals surface area (Å²) in [5.74, 6) is -0.0371. The van der Waals surface area contributed by atoms with Gasteiger partial charge in [-0.15, -0.1) is 0 Å². The molecular formula is C13H15ClN2O. The number of para-hydroxylation sites is 1. The number of hydrogen-bond acceptors (Lipinski definition) is 2. The van der Waals surface area contributed by atoms with Crippen molar-refractivity contribution in [1.29, 1.82) is 0 Å². The summed E-state index contributed by atoms with van der Waals surface area (Å²) in [6, 6.07) is 5.64. The first-order valence-electron chi connectivity index (χ1n) is 5.54. The molecule has 1 atom stereocenters. The second-order valence-electron chi connectivity index (χ2n) is 4.26. The Kier molecular flexibility index (Phi) is 3.11. The van der Waals surface area contributed by atoms with Crippen molar-refractivity contribution in [3.05, 3.63) is 40.6 Å². The van der Waals surface area contributed by atoms with Gasteiger partial charge in [-0.2, -0.15) is 0 Å². The van der Waals surface area contributed by atoms with Crippen molar-refractivity contribution in [2.45, 2.75) is 26.9 Å². The molecule has 0 unspecified atom stereocenters. The molecule has 90 valence electrons. The van der Waals surface area contributed by atoms with Crippen molar-refractivity contribution in [2.75, 3.05) is 4.90 Å². The van der Waals surface area contributed by atoms with E-state index in [9.17, 15) is 4.79 Å². The maximum absolute atomic E-state index is 12.1. The van der Waals surface area contributed by atoms with Crippen molar-refractivity contribution < 1.29 is 4.79 Å². The molecule has 1 aliphatic heterocycles. The second kappa shape index (κ2) is 4.41. The van der Waals surface area contributed by atoms with Gasteiger partial charge in [0.05, 0.1) is 10.7 Å². The van der Waals surface area contributed by atoms with E-state index in [-0.39, 0.29) is 12.1 Å². The summed E-state index contributed by atoms with van der Waals surface area (Å²) in [6.07, 6.45) is 1.49. The van der Waals surface area contributed by atoms with Crippen molar-refractivity contribution in [1.82, 2.24) is 5.32 Å². The van der Waals surface area contributed by atoms with Gasteiger partial charge in [0.2, 0.25) is 0 Å². The van der Waals surface area contributed by atoms with Crippen molar-refractivity contribution in [3.8, 4) is 0 Å². The number of aryl methyl sites for hydroxylation is 1. The average Bonchev–Trinajstić information content (AvgIpc) is 2.21. The smallest absolute Gasteiger partial charge is 0.254 e. The minimum atomic E-state index is -0.0916. The molecule has 0 fully saturated rings. The molecule has 0 saturated carbocycles. The lowest BCUT2D eigenvalue weighted by molar-refractivity contribution is -0.115. The fourth-order valence-electron chi connectivity index (χ4n) is 2.11. The van der Waals surface area contributed by atoms with Gasteiger partial charge < -0.3 is 5.32 Å². The Hall–Kier alpha value is -1.48. The Morgan fingerprint density at radius 2 is 2.06 bits per heavy atom. The first kappa shape index (κ1) is 12.0. The number of allylic oxidation sites excluding steroid dienone is 1. The molecular weight excluding hydrogens is 236 g/mol. The second-order valence-corrected chi connectivity index (χ2v) is 4.67. The van der Waals surface area contributed by atoms with Gasteiger partial charge in [-0.05, 0) is 32.4 Å². The van der Waals surface area contributed by atoms with Gasteiger partial charge in [0.15, 0.2) is 0 Å². The van der Waals surface area contributed by atoms with Crippen LogP contribution in [0.3, 0.4) is 0 Å². The van der Waals surface area contributed by atoms with Crippen LogP contribution in [0.2, 0.25) is 5.02 Å². The highest BCUT2D eigenvalue weighted by atomic mass is 35.5. The summed E-state index contributed by atoms with van der Waals surface area (Å²) in [5, 5.41) is 3.82. The maximum atomic E-state index is 12.1. The number of benzene rings is 1. The van der Waals surface area contributed by atoms with E-state index in [0.29, 0.717) is 5.02 Å². The molecule has 0 radical (unpaired) electrons. The van der Waals surface area contributed by atoms with Crippen LogP contribution in [-0.4, -0.2) is 12.1 Å². The fraction of sp³-hybridized carbons (Fsp3) is 0.308. The number of amides is 1. The zero-order valence-electron chi connectivity index (χ0n) is 10.1. The monoisotopic (exact) mass is 250 g/mol. The van der Waals surface area contributed by atoms with Gasteiger partial charge in [0.1, 0.15) is 6.17 Å². The summed E-state index contributed by atoms with van der Waals surface area (Å²) in [6.45, 7) is 5.77. The van der Waals surface area contributed by atoms with E-state index in [1.54, 1.807) is 17.0 Å². The predicted octanol–water partition coefficient (Wildman–Crippen LogP) is 2.83. The van der Waals surface area contributed by atoms with E-state index >= 15 is 0 Å². The topological polar surface area (TPSA) is 32.3 Å². The SMILES string of the molecule is CC1=CC(=O)N(c2c(C)cccc2Cl)[C@H](C)N1. The van der Waals surface area contributed by atoms with Gasteiger partial charge in [-0.25, -0.2) is 0 Å². The summed E-state index contributed by atoms with van der Waals surface area (Å²) in [7, 11) is 0. The average molecular weight is 251 g/mol. The first-order valence-corrected chi connectivity index (χ1v) is 5.91. The number of carbonyl (C=O) groups is 1. The molecule has 1 aliphatic rings. The molecule has 1 aromatic carbocycles. The molecule has 1 N–H and O–H groups in total. The number of nitrogens with zero attached hydrogens (tertiary/aromatic N) is 1. The third kappa shape index (κ3) is 2.15. The molecule has 17 heavy (non-hydrogen) atoms. The van der Waals surface area contributed by atoms with E-state index < -0.39 is 0 Å². The van der Waals surface area contributed by atoms with Gasteiger partial charge >= 0.3 is 0 Å². The first-order chi connectivity index (χ1) is 8.00. The van der Waals surface area contributed by atoms with Gasteiger partial charge in [-0.3, -0.25) is 9.69 Å². The minimum absolute atomic E-state index is 0.0371. The third-order valence-electron chi connectivity index (χ3n) is 2.83. The Labute approximate surface area is 106 Å². The molecule has 0 aromatic heterocycles. The highest BCUT2D eigenvalue weighted by Crippen LogP contribution is 2.31. The fourth-order valence-corrected chi connectivity index (χ4v) is 2.43. The van der Waals surface area contributed by atoms with Crippen molar-refractivity contribution in [2.24, 2.45) is 0 Å². The molecule has 4 heteroatoms. The van der Waals surface area contributed by atoms with E-state index in [1.165, 1.54) is 0 Å². The van der Waals surface area contributed by atoms with Crippen LogP contribution in [0.25, 0.3) is 0 Å². The van der Waals surface area contributed by atoms with E-state index in [4.69, 9.17) is 11.6 Å². The lowest BCUT2D eigenvalue weighted by atomic mass is 10.1. The molecule has 0 saturated heterocycles. The number of hydrogen-bond donors (Lipinski definition) is 1. The predicted molar refractivity (Wildman–Crippen MR) is 70.0 cm³/mol. The van der Waals surface area contributed by atoms with Crippen LogP contribution >= 0.6 is 11.6 Å². The molecule has 3 nitrogen and oxygen atoms in total. The third-order valence-corrected chi connectivity index (χ3v) is 3.14. The number of anilines is 1. The van der Waals surface area contributed by atoms with Crippen LogP contribution in [-0.2, 0) is 4.79 Å². The highest BCUT2D eigenvalue weighted by Gasteiger charge is 2.27. The minimum Gasteiger partial charge on any atom is -0.368 e. The lowest BCUT2D eigenvalue weighted by Crippen LogP contribution is -2.50. The molecule has 1 amide bonds. The number of rotatable bonds is 1. The van der Waals surface area contributed by atoms with Gasteiger partial charge in [-0.1, -0.05) is 23.7 Å². The Morgan fingerprint density at radius 1 is 1.35 bits per heavy atom. The Bertz CT molecular complexity index is 476. The Balaban J connectivity index is 2.50. The quantitative estimate of drug-likeness (QED) is 0.831. The number of carbonyl (C=O) groups excluding carboxylic acids is 1. The van der Waals surface area contributed by atoms with Crippen molar-refractivity contribution in [3.63, 3.8) is 0 Å². The van der Waals surface area contributed by atoms with Gasteiger partial charge in [0.25, 0.3) is 5.91 Å². The molecule has 2 rings (SSSR count). The molecule has 1 heterocycles. The lowest BCUT2D eigenvalue weighted by Gasteiger charge is -2.35. The van der Waals surface area contributed by atoms with E-state index in [0.717, 1.165) is 16.9 Å². The van der Waals surface area contributed by atoms with Crippen LogP contribution in [0, 0.1) is 6.92 Å².